The number of hydrogen-bond acceptors (Lipinski definition) is 2. The molecule has 0 heterocycles. The molecule has 4 nitrogen and oxygen atoms in total. The number of hydrogen-bond donors (Lipinski definition) is 2. The van der Waals surface area contributed by atoms with Gasteiger partial charge in [-0.1, -0.05) is 36.4 Å². The quantitative estimate of drug-likeness (QED) is 0.465. The first-order chi connectivity index (χ1) is 13.7. The van der Waals surface area contributed by atoms with Crippen molar-refractivity contribution >= 4 is 30.5 Å². The summed E-state index contributed by atoms with van der Waals surface area (Å²) in [7, 11) is -1.73. The number of carbonyl (C=O) groups is 2. The fourth-order valence-corrected chi connectivity index (χ4v) is 6.55. The summed E-state index contributed by atoms with van der Waals surface area (Å²) in [5.41, 5.74) is 6.02. The molecule has 2 rings (SSSR count). The minimum atomic E-state index is -1.73. The zero-order chi connectivity index (χ0) is 21.6. The molecule has 0 spiro atoms. The number of anilines is 2. The molecular formula is C24H34N2O2PY+. The summed E-state index contributed by atoms with van der Waals surface area (Å²) in [6.45, 7) is 12.2. The molecule has 0 aliphatic rings. The maximum absolute atomic E-state index is 12.9. The Morgan fingerprint density at radius 2 is 1.00 bits per heavy atom. The van der Waals surface area contributed by atoms with Crippen molar-refractivity contribution in [3.8, 4) is 0 Å². The van der Waals surface area contributed by atoms with Crippen LogP contribution in [0, 0.1) is 27.7 Å². The Balaban J connectivity index is 0.00000450. The Morgan fingerprint density at radius 1 is 0.700 bits per heavy atom. The van der Waals surface area contributed by atoms with E-state index < -0.39 is 7.26 Å². The smallest absolute Gasteiger partial charge is 0.261 e. The average molecular weight is 502 g/mol. The summed E-state index contributed by atoms with van der Waals surface area (Å²) in [5, 5.41) is 6.20. The molecule has 0 saturated heterocycles. The van der Waals surface area contributed by atoms with Gasteiger partial charge in [0.25, 0.3) is 11.8 Å². The van der Waals surface area contributed by atoms with Crippen LogP contribution in [0.25, 0.3) is 0 Å². The van der Waals surface area contributed by atoms with E-state index in [1.807, 2.05) is 64.1 Å². The molecular weight excluding hydrogens is 468 g/mol. The van der Waals surface area contributed by atoms with Crippen molar-refractivity contribution in [3.05, 3.63) is 58.7 Å². The van der Waals surface area contributed by atoms with Gasteiger partial charge in [0, 0.05) is 51.3 Å². The van der Waals surface area contributed by atoms with Crippen LogP contribution in [0.2, 0.25) is 0 Å². The molecule has 1 radical (unpaired) electrons. The Labute approximate surface area is 207 Å². The maximum Gasteiger partial charge on any atom is 0.261 e. The average Bonchev–Trinajstić information content (AvgIpc) is 2.67. The van der Waals surface area contributed by atoms with Gasteiger partial charge in [0.1, 0.15) is 12.3 Å². The third kappa shape index (κ3) is 6.97. The van der Waals surface area contributed by atoms with Crippen LogP contribution in [0.15, 0.2) is 36.4 Å². The van der Waals surface area contributed by atoms with Gasteiger partial charge >= 0.3 is 0 Å². The Hall–Kier alpha value is -1.09. The van der Waals surface area contributed by atoms with Crippen LogP contribution in [0.5, 0.6) is 0 Å². The summed E-state index contributed by atoms with van der Waals surface area (Å²) < 4.78 is 0. The number of aryl methyl sites for hydroxylation is 4. The third-order valence-electron chi connectivity index (χ3n) is 5.79. The minimum Gasteiger partial charge on any atom is -0.322 e. The van der Waals surface area contributed by atoms with Crippen molar-refractivity contribution in [3.63, 3.8) is 0 Å². The standard InChI is InChI=1S/C24H33N2O2P.Y/c1-7-29(8-2,15-21(27)25-23-17(3)11-9-12-18(23)4)16-22(28)26-24-19(5)13-10-14-20(24)6;/h9-14H,7-8,15-16H2,1-6H3,(H-,25,26,27,28);/p+1. The molecule has 0 aliphatic heterocycles. The number of nitrogens with one attached hydrogen (secondary N) is 2. The molecule has 2 N–H and O–H groups in total. The van der Waals surface area contributed by atoms with E-state index in [9.17, 15) is 9.59 Å². The zero-order valence-electron chi connectivity index (χ0n) is 19.1. The van der Waals surface area contributed by atoms with Gasteiger partial charge in [-0.15, -0.1) is 0 Å². The van der Waals surface area contributed by atoms with E-state index in [4.69, 9.17) is 0 Å². The number of amides is 2. The van der Waals surface area contributed by atoms with Gasteiger partial charge in [-0.25, -0.2) is 0 Å². The first-order valence-electron chi connectivity index (χ1n) is 10.3. The van der Waals surface area contributed by atoms with E-state index in [1.54, 1.807) is 0 Å². The van der Waals surface area contributed by atoms with Crippen molar-refractivity contribution in [2.24, 2.45) is 0 Å². The SMILES string of the molecule is CC[P+](CC)(CC(=O)Nc1c(C)cccc1C)CC(=O)Nc1c(C)cccc1C.[Y]. The summed E-state index contributed by atoms with van der Waals surface area (Å²) in [6.07, 6.45) is 2.63. The summed E-state index contributed by atoms with van der Waals surface area (Å²) in [4.78, 5) is 25.8. The zero-order valence-corrected chi connectivity index (χ0v) is 22.9. The van der Waals surface area contributed by atoms with Gasteiger partial charge < -0.3 is 10.6 Å². The summed E-state index contributed by atoms with van der Waals surface area (Å²) in [6, 6.07) is 12.0. The van der Waals surface area contributed by atoms with Gasteiger partial charge in [0.15, 0.2) is 0 Å². The normalized spacial score (nSPS) is 10.9. The second-order valence-corrected chi connectivity index (χ2v) is 12.5. The molecule has 30 heavy (non-hydrogen) atoms. The van der Waals surface area contributed by atoms with Crippen LogP contribution in [0.1, 0.15) is 36.1 Å². The van der Waals surface area contributed by atoms with Crippen molar-refractivity contribution in [2.45, 2.75) is 41.5 Å². The molecule has 2 amide bonds. The van der Waals surface area contributed by atoms with Crippen LogP contribution in [-0.4, -0.2) is 36.5 Å². The third-order valence-corrected chi connectivity index (χ3v) is 10.4. The van der Waals surface area contributed by atoms with Gasteiger partial charge in [-0.3, -0.25) is 9.59 Å². The van der Waals surface area contributed by atoms with Gasteiger partial charge in [-0.05, 0) is 63.8 Å². The van der Waals surface area contributed by atoms with Crippen molar-refractivity contribution in [1.82, 2.24) is 0 Å². The van der Waals surface area contributed by atoms with E-state index in [1.165, 1.54) is 0 Å². The van der Waals surface area contributed by atoms with E-state index >= 15 is 0 Å². The number of benzene rings is 2. The van der Waals surface area contributed by atoms with Crippen LogP contribution in [0.3, 0.4) is 0 Å². The van der Waals surface area contributed by atoms with Crippen molar-refractivity contribution in [2.75, 3.05) is 35.3 Å². The predicted molar refractivity (Wildman–Crippen MR) is 127 cm³/mol. The largest absolute Gasteiger partial charge is 0.322 e. The van der Waals surface area contributed by atoms with Crippen molar-refractivity contribution in [1.29, 1.82) is 0 Å². The number of para-hydroxylation sites is 2. The van der Waals surface area contributed by atoms with Crippen LogP contribution in [-0.2, 0) is 42.3 Å². The molecule has 6 heteroatoms. The fraction of sp³-hybridized carbons (Fsp3) is 0.417. The molecule has 0 bridgehead atoms. The van der Waals surface area contributed by atoms with Crippen LogP contribution >= 0.6 is 7.26 Å². The van der Waals surface area contributed by atoms with E-state index in [0.717, 1.165) is 46.0 Å². The van der Waals surface area contributed by atoms with Crippen LogP contribution in [0.4, 0.5) is 11.4 Å². The fourth-order valence-electron chi connectivity index (χ4n) is 3.72. The topological polar surface area (TPSA) is 58.2 Å². The van der Waals surface area contributed by atoms with Crippen LogP contribution < -0.4 is 10.6 Å². The Kier molecular flexibility index (Phi) is 10.9. The molecule has 159 valence electrons. The van der Waals surface area contributed by atoms with Crippen molar-refractivity contribution < 1.29 is 42.3 Å². The first kappa shape index (κ1) is 26.9. The van der Waals surface area contributed by atoms with Gasteiger partial charge in [0.05, 0.1) is 12.3 Å². The van der Waals surface area contributed by atoms with E-state index in [0.29, 0.717) is 12.3 Å². The molecule has 0 saturated carbocycles. The summed E-state index contributed by atoms with van der Waals surface area (Å²) >= 11 is 0. The second kappa shape index (κ2) is 12.1. The predicted octanol–water partition coefficient (Wildman–Crippen LogP) is 5.55. The number of rotatable bonds is 8. The minimum absolute atomic E-state index is 0. The Morgan fingerprint density at radius 3 is 1.27 bits per heavy atom. The van der Waals surface area contributed by atoms with E-state index in [2.05, 4.69) is 24.5 Å². The molecule has 0 fully saturated rings. The Bertz CT molecular complexity index is 785. The monoisotopic (exact) mass is 502 g/mol. The molecule has 0 atom stereocenters. The molecule has 0 aliphatic carbocycles. The second-order valence-electron chi connectivity index (χ2n) is 7.92. The van der Waals surface area contributed by atoms with Gasteiger partial charge in [-0.2, -0.15) is 0 Å². The van der Waals surface area contributed by atoms with E-state index in [-0.39, 0.29) is 44.5 Å². The molecule has 2 aromatic carbocycles. The maximum atomic E-state index is 12.9. The molecule has 0 aromatic heterocycles. The molecule has 0 unspecified atom stereocenters. The van der Waals surface area contributed by atoms with Gasteiger partial charge in [0.2, 0.25) is 0 Å². The summed E-state index contributed by atoms with van der Waals surface area (Å²) in [5.74, 6) is 0.0265. The first-order valence-corrected chi connectivity index (χ1v) is 12.8. The number of carbonyl (C=O) groups excluding carboxylic acids is 2. The molecule has 2 aromatic rings.